The van der Waals surface area contributed by atoms with E-state index in [1.165, 1.54) is 19.8 Å². The van der Waals surface area contributed by atoms with Gasteiger partial charge in [-0.15, -0.1) is 24.8 Å². The molecule has 7 heteroatoms. The van der Waals surface area contributed by atoms with E-state index in [9.17, 15) is 4.79 Å². The van der Waals surface area contributed by atoms with E-state index in [1.807, 2.05) is 0 Å². The van der Waals surface area contributed by atoms with Crippen LogP contribution in [0.3, 0.4) is 0 Å². The molecule has 0 aliphatic carbocycles. The number of amides is 1. The van der Waals surface area contributed by atoms with Crippen LogP contribution in [0.4, 0.5) is 5.69 Å². The lowest BCUT2D eigenvalue weighted by atomic mass is 10.2. The van der Waals surface area contributed by atoms with Gasteiger partial charge < -0.3 is 15.0 Å². The van der Waals surface area contributed by atoms with Crippen LogP contribution >= 0.6 is 24.8 Å². The number of rotatable bonds is 4. The predicted molar refractivity (Wildman–Crippen MR) is 84.2 cm³/mol. The fourth-order valence-corrected chi connectivity index (χ4v) is 2.15. The molecule has 1 aromatic heterocycles. The molecule has 0 bridgehead atoms. The Bertz CT molecular complexity index is 432. The Morgan fingerprint density at radius 2 is 2.25 bits per heavy atom. The van der Waals surface area contributed by atoms with Crippen molar-refractivity contribution in [3.05, 3.63) is 18.5 Å². The minimum absolute atomic E-state index is 0. The van der Waals surface area contributed by atoms with Crippen LogP contribution in [-0.2, 0) is 4.79 Å². The normalized spacial score (nSPS) is 17.8. The zero-order chi connectivity index (χ0) is 13.0. The van der Waals surface area contributed by atoms with Crippen molar-refractivity contribution >= 4 is 36.4 Å². The van der Waals surface area contributed by atoms with Gasteiger partial charge in [0, 0.05) is 19.0 Å². The Hall–Kier alpha value is -1.04. The summed E-state index contributed by atoms with van der Waals surface area (Å²) >= 11 is 0. The van der Waals surface area contributed by atoms with Gasteiger partial charge in [0.25, 0.3) is 0 Å². The molecule has 2 heterocycles. The highest BCUT2D eigenvalue weighted by molar-refractivity contribution is 5.88. The van der Waals surface area contributed by atoms with Crippen molar-refractivity contribution in [1.29, 1.82) is 0 Å². The summed E-state index contributed by atoms with van der Waals surface area (Å²) in [5, 5.41) is 2.69. The molecule has 1 N–H and O–H groups in total. The number of likely N-dealkylation sites (N-methyl/N-ethyl adjacent to an activating group) is 1. The van der Waals surface area contributed by atoms with Crippen LogP contribution in [0.5, 0.6) is 5.75 Å². The van der Waals surface area contributed by atoms with Gasteiger partial charge in [-0.25, -0.2) is 0 Å². The molecule has 0 saturated carbocycles. The maximum Gasteiger partial charge on any atom is 0.221 e. The van der Waals surface area contributed by atoms with Crippen molar-refractivity contribution < 1.29 is 9.53 Å². The maximum atomic E-state index is 10.9. The van der Waals surface area contributed by atoms with Crippen LogP contribution in [0, 0.1) is 0 Å². The molecule has 1 aliphatic rings. The molecule has 0 unspecified atom stereocenters. The van der Waals surface area contributed by atoms with E-state index in [2.05, 4.69) is 22.2 Å². The Balaban J connectivity index is 0.00000180. The standard InChI is InChI=1S/C13H19N3O2.2ClH/c1-10(17)15-11-6-13(8-14-7-11)18-9-12-4-3-5-16(12)2;;/h6-8,12H,3-5,9H2,1-2H3,(H,15,17);2*1H/t12-;;/m0../s1. The Kier molecular flexibility index (Phi) is 8.53. The number of hydrogen-bond acceptors (Lipinski definition) is 4. The number of carbonyl (C=O) groups is 1. The Morgan fingerprint density at radius 1 is 1.50 bits per heavy atom. The highest BCUT2D eigenvalue weighted by Gasteiger charge is 2.21. The molecular formula is C13H21Cl2N3O2. The van der Waals surface area contributed by atoms with Gasteiger partial charge in [-0.1, -0.05) is 0 Å². The van der Waals surface area contributed by atoms with Crippen LogP contribution in [0.15, 0.2) is 18.5 Å². The van der Waals surface area contributed by atoms with E-state index in [4.69, 9.17) is 4.74 Å². The zero-order valence-electron chi connectivity index (χ0n) is 11.7. The molecule has 1 amide bonds. The molecule has 5 nitrogen and oxygen atoms in total. The van der Waals surface area contributed by atoms with Crippen molar-refractivity contribution in [2.75, 3.05) is 25.5 Å². The Morgan fingerprint density at radius 3 is 2.85 bits per heavy atom. The molecule has 1 aromatic rings. The Labute approximate surface area is 131 Å². The molecule has 20 heavy (non-hydrogen) atoms. The first-order valence-electron chi connectivity index (χ1n) is 6.21. The summed E-state index contributed by atoms with van der Waals surface area (Å²) in [4.78, 5) is 17.3. The number of aromatic nitrogens is 1. The van der Waals surface area contributed by atoms with Crippen molar-refractivity contribution in [1.82, 2.24) is 9.88 Å². The number of carbonyl (C=O) groups excluding carboxylic acids is 1. The summed E-state index contributed by atoms with van der Waals surface area (Å²) in [6, 6.07) is 2.28. The van der Waals surface area contributed by atoms with Crippen LogP contribution in [0.25, 0.3) is 0 Å². The lowest BCUT2D eigenvalue weighted by Gasteiger charge is -2.19. The predicted octanol–water partition coefficient (Wildman–Crippen LogP) is 2.36. The largest absolute Gasteiger partial charge is 0.490 e. The number of nitrogens with one attached hydrogen (secondary N) is 1. The minimum atomic E-state index is -0.107. The number of anilines is 1. The van der Waals surface area contributed by atoms with E-state index in [-0.39, 0.29) is 30.7 Å². The molecule has 0 aromatic carbocycles. The van der Waals surface area contributed by atoms with E-state index in [0.717, 1.165) is 6.54 Å². The second-order valence-corrected chi connectivity index (χ2v) is 4.68. The monoisotopic (exact) mass is 321 g/mol. The van der Waals surface area contributed by atoms with E-state index in [0.29, 0.717) is 24.1 Å². The second-order valence-electron chi connectivity index (χ2n) is 4.68. The van der Waals surface area contributed by atoms with Gasteiger partial charge in [0.2, 0.25) is 5.91 Å². The van der Waals surface area contributed by atoms with Gasteiger partial charge in [0.05, 0.1) is 18.1 Å². The fraction of sp³-hybridized carbons (Fsp3) is 0.538. The molecular weight excluding hydrogens is 301 g/mol. The van der Waals surface area contributed by atoms with Crippen molar-refractivity contribution in [2.24, 2.45) is 0 Å². The number of ether oxygens (including phenoxy) is 1. The van der Waals surface area contributed by atoms with Crippen molar-refractivity contribution in [3.8, 4) is 5.75 Å². The first kappa shape index (κ1) is 19.0. The maximum absolute atomic E-state index is 10.9. The first-order chi connectivity index (χ1) is 8.65. The average molecular weight is 322 g/mol. The van der Waals surface area contributed by atoms with Crippen LogP contribution in [0.2, 0.25) is 0 Å². The lowest BCUT2D eigenvalue weighted by molar-refractivity contribution is -0.114. The van der Waals surface area contributed by atoms with Gasteiger partial charge in [0.15, 0.2) is 0 Å². The minimum Gasteiger partial charge on any atom is -0.490 e. The third-order valence-electron chi connectivity index (χ3n) is 3.15. The quantitative estimate of drug-likeness (QED) is 0.925. The van der Waals surface area contributed by atoms with Gasteiger partial charge in [-0.3, -0.25) is 9.78 Å². The number of hydrogen-bond donors (Lipinski definition) is 1. The third-order valence-corrected chi connectivity index (χ3v) is 3.15. The van der Waals surface area contributed by atoms with E-state index in [1.54, 1.807) is 18.5 Å². The number of halogens is 2. The number of nitrogens with zero attached hydrogens (tertiary/aromatic N) is 2. The molecule has 114 valence electrons. The topological polar surface area (TPSA) is 54.5 Å². The smallest absolute Gasteiger partial charge is 0.221 e. The van der Waals surface area contributed by atoms with Gasteiger partial charge in [0.1, 0.15) is 12.4 Å². The molecule has 1 fully saturated rings. The summed E-state index contributed by atoms with van der Waals surface area (Å²) in [5.74, 6) is 0.589. The third kappa shape index (κ3) is 5.53. The summed E-state index contributed by atoms with van der Waals surface area (Å²) in [5.41, 5.74) is 0.666. The van der Waals surface area contributed by atoms with Crippen molar-refractivity contribution in [3.63, 3.8) is 0 Å². The SMILES string of the molecule is CC(=O)Nc1cncc(OC[C@@H]2CCCN2C)c1.Cl.Cl. The summed E-state index contributed by atoms with van der Waals surface area (Å²) in [6.07, 6.45) is 5.68. The molecule has 0 spiro atoms. The highest BCUT2D eigenvalue weighted by Crippen LogP contribution is 2.19. The molecule has 2 rings (SSSR count). The van der Waals surface area contributed by atoms with Crippen molar-refractivity contribution in [2.45, 2.75) is 25.8 Å². The van der Waals surface area contributed by atoms with Gasteiger partial charge in [-0.05, 0) is 26.4 Å². The van der Waals surface area contributed by atoms with E-state index >= 15 is 0 Å². The van der Waals surface area contributed by atoms with Gasteiger partial charge in [-0.2, -0.15) is 0 Å². The molecule has 1 aliphatic heterocycles. The molecule has 0 radical (unpaired) electrons. The van der Waals surface area contributed by atoms with Crippen LogP contribution in [-0.4, -0.2) is 42.0 Å². The number of pyridine rings is 1. The van der Waals surface area contributed by atoms with E-state index < -0.39 is 0 Å². The number of likely N-dealkylation sites (tertiary alicyclic amines) is 1. The summed E-state index contributed by atoms with van der Waals surface area (Å²) < 4.78 is 5.73. The fourth-order valence-electron chi connectivity index (χ4n) is 2.15. The summed E-state index contributed by atoms with van der Waals surface area (Å²) in [7, 11) is 2.12. The highest BCUT2D eigenvalue weighted by atomic mass is 35.5. The first-order valence-corrected chi connectivity index (χ1v) is 6.21. The molecule has 1 saturated heterocycles. The zero-order valence-corrected chi connectivity index (χ0v) is 13.3. The second kappa shape index (κ2) is 9.00. The lowest BCUT2D eigenvalue weighted by Crippen LogP contribution is -2.30. The van der Waals surface area contributed by atoms with Gasteiger partial charge >= 0.3 is 0 Å². The van der Waals surface area contributed by atoms with Crippen LogP contribution < -0.4 is 10.1 Å². The van der Waals surface area contributed by atoms with Crippen LogP contribution in [0.1, 0.15) is 19.8 Å². The molecule has 1 atom stereocenters. The average Bonchev–Trinajstić information content (AvgIpc) is 2.72. The summed E-state index contributed by atoms with van der Waals surface area (Å²) in [6.45, 7) is 3.28.